The Morgan fingerprint density at radius 2 is 1.71 bits per heavy atom. The molecule has 0 spiro atoms. The van der Waals surface area contributed by atoms with Crippen LogP contribution >= 0.6 is 0 Å². The number of anilines is 2. The molecule has 0 aliphatic carbocycles. The Hall–Kier alpha value is -3.95. The Morgan fingerprint density at radius 1 is 1.05 bits per heavy atom. The highest BCUT2D eigenvalue weighted by atomic mass is 16.6. The molecule has 38 heavy (non-hydrogen) atoms. The zero-order valence-electron chi connectivity index (χ0n) is 23.4. The molecule has 0 saturated heterocycles. The number of carbonyl (C=O) groups excluding carboxylic acids is 2. The second kappa shape index (κ2) is 11.2. The minimum atomic E-state index is -0.668. The summed E-state index contributed by atoms with van der Waals surface area (Å²) in [5.41, 5.74) is 0.698. The van der Waals surface area contributed by atoms with Crippen LogP contribution in [0.3, 0.4) is 0 Å². The van der Waals surface area contributed by atoms with E-state index in [9.17, 15) is 14.4 Å². The highest BCUT2D eigenvalue weighted by molar-refractivity contribution is 5.94. The van der Waals surface area contributed by atoms with Crippen LogP contribution in [0.5, 0.6) is 0 Å². The molecular formula is C28H37N5O5. The molecule has 0 fully saturated rings. The van der Waals surface area contributed by atoms with Gasteiger partial charge in [0.25, 0.3) is 0 Å². The number of nitrogens with one attached hydrogen (secondary N) is 1. The number of urea groups is 1. The van der Waals surface area contributed by atoms with Gasteiger partial charge in [-0.25, -0.2) is 19.3 Å². The normalized spacial score (nSPS) is 11.8. The lowest BCUT2D eigenvalue weighted by Crippen LogP contribution is -2.46. The van der Waals surface area contributed by atoms with Crippen molar-refractivity contribution in [2.24, 2.45) is 5.41 Å². The van der Waals surface area contributed by atoms with Crippen molar-refractivity contribution in [3.8, 4) is 0 Å². The average Bonchev–Trinajstić information content (AvgIpc) is 2.81. The van der Waals surface area contributed by atoms with E-state index in [0.717, 1.165) is 5.56 Å². The summed E-state index contributed by atoms with van der Waals surface area (Å²) in [5, 5.41) is 2.89. The van der Waals surface area contributed by atoms with Crippen LogP contribution in [0.25, 0.3) is 10.9 Å². The van der Waals surface area contributed by atoms with Crippen molar-refractivity contribution in [2.75, 3.05) is 30.4 Å². The molecule has 0 aliphatic rings. The Kier molecular flexibility index (Phi) is 8.44. The Balaban J connectivity index is 1.92. The summed E-state index contributed by atoms with van der Waals surface area (Å²) in [6.07, 6.45) is 3.45. The monoisotopic (exact) mass is 523 g/mol. The topological polar surface area (TPSA) is 118 Å². The number of amides is 3. The van der Waals surface area contributed by atoms with Gasteiger partial charge in [-0.1, -0.05) is 20.8 Å². The highest BCUT2D eigenvalue weighted by Crippen LogP contribution is 2.27. The molecule has 3 rings (SSSR count). The number of pyridine rings is 1. The van der Waals surface area contributed by atoms with Gasteiger partial charge in [-0.2, -0.15) is 4.98 Å². The quantitative estimate of drug-likeness (QED) is 0.460. The number of nitrogens with zero attached hydrogens (tertiary/aromatic N) is 4. The van der Waals surface area contributed by atoms with Gasteiger partial charge in [0.1, 0.15) is 5.60 Å². The minimum Gasteiger partial charge on any atom is -0.444 e. The largest absolute Gasteiger partial charge is 0.444 e. The predicted molar refractivity (Wildman–Crippen MR) is 148 cm³/mol. The van der Waals surface area contributed by atoms with E-state index < -0.39 is 17.3 Å². The molecule has 1 aromatic carbocycles. The first-order chi connectivity index (χ1) is 17.6. The van der Waals surface area contributed by atoms with E-state index in [-0.39, 0.29) is 29.4 Å². The molecular weight excluding hydrogens is 486 g/mol. The number of benzene rings is 1. The lowest BCUT2D eigenvalue weighted by Gasteiger charge is -2.31. The van der Waals surface area contributed by atoms with Crippen molar-refractivity contribution < 1.29 is 18.7 Å². The molecule has 0 atom stereocenters. The SMILES string of the molecule is Cc1c(NC(=O)OC(C)(C)C)ccc2nc(N(CC(C)(C)C)C(=O)N(C)CCc3ccncc3)oc(=O)c12. The van der Waals surface area contributed by atoms with Gasteiger partial charge in [-0.3, -0.25) is 10.3 Å². The number of fused-ring (bicyclic) bond motifs is 1. The first-order valence-corrected chi connectivity index (χ1v) is 12.5. The summed E-state index contributed by atoms with van der Waals surface area (Å²) in [6, 6.07) is 6.67. The van der Waals surface area contributed by atoms with Gasteiger partial charge in [-0.15, -0.1) is 0 Å². The summed E-state index contributed by atoms with van der Waals surface area (Å²) < 4.78 is 10.9. The second-order valence-electron chi connectivity index (χ2n) is 11.5. The van der Waals surface area contributed by atoms with Crippen LogP contribution in [0, 0.1) is 12.3 Å². The average molecular weight is 524 g/mol. The van der Waals surface area contributed by atoms with Gasteiger partial charge < -0.3 is 14.1 Å². The van der Waals surface area contributed by atoms with Crippen LogP contribution in [0.15, 0.2) is 45.9 Å². The highest BCUT2D eigenvalue weighted by Gasteiger charge is 2.29. The lowest BCUT2D eigenvalue weighted by atomic mass is 9.96. The van der Waals surface area contributed by atoms with Crippen molar-refractivity contribution >= 4 is 34.7 Å². The number of aromatic nitrogens is 2. The molecule has 0 saturated carbocycles. The third-order valence-electron chi connectivity index (χ3n) is 5.59. The Labute approximate surface area is 223 Å². The molecule has 3 amide bonds. The van der Waals surface area contributed by atoms with Crippen molar-refractivity contribution in [1.82, 2.24) is 14.9 Å². The standard InChI is InChI=1S/C28H37N5O5/c1-18-20(31-25(35)38-28(5,6)7)9-10-21-22(18)23(34)37-24(30-21)33(17-27(2,3)4)26(36)32(8)16-13-19-11-14-29-15-12-19/h9-12,14-15H,13,16-17H2,1-8H3,(H,31,35). The Bertz CT molecular complexity index is 1360. The number of aryl methyl sites for hydroxylation is 1. The third-order valence-corrected chi connectivity index (χ3v) is 5.59. The molecule has 2 heterocycles. The molecule has 10 nitrogen and oxygen atoms in total. The van der Waals surface area contributed by atoms with Crippen LogP contribution in [-0.2, 0) is 11.2 Å². The van der Waals surface area contributed by atoms with Crippen LogP contribution < -0.4 is 15.8 Å². The van der Waals surface area contributed by atoms with Crippen molar-refractivity contribution in [3.63, 3.8) is 0 Å². The summed E-state index contributed by atoms with van der Waals surface area (Å²) >= 11 is 0. The fourth-order valence-electron chi connectivity index (χ4n) is 3.81. The zero-order chi connectivity index (χ0) is 28.3. The second-order valence-corrected chi connectivity index (χ2v) is 11.5. The summed E-state index contributed by atoms with van der Waals surface area (Å²) in [7, 11) is 1.71. The van der Waals surface area contributed by atoms with Crippen LogP contribution in [0.4, 0.5) is 21.3 Å². The van der Waals surface area contributed by atoms with E-state index >= 15 is 0 Å². The third kappa shape index (κ3) is 7.53. The fourth-order valence-corrected chi connectivity index (χ4v) is 3.81. The Morgan fingerprint density at radius 3 is 2.32 bits per heavy atom. The van der Waals surface area contributed by atoms with E-state index in [4.69, 9.17) is 9.15 Å². The van der Waals surface area contributed by atoms with Crippen LogP contribution in [-0.4, -0.2) is 52.7 Å². The summed E-state index contributed by atoms with van der Waals surface area (Å²) in [5.74, 6) is 0. The maximum absolute atomic E-state index is 13.5. The zero-order valence-corrected chi connectivity index (χ0v) is 23.4. The molecule has 1 N–H and O–H groups in total. The molecule has 3 aromatic rings. The summed E-state index contributed by atoms with van der Waals surface area (Å²) in [4.78, 5) is 50.5. The van der Waals surface area contributed by atoms with E-state index in [0.29, 0.717) is 29.7 Å². The van der Waals surface area contributed by atoms with Crippen molar-refractivity contribution in [3.05, 3.63) is 58.2 Å². The van der Waals surface area contributed by atoms with Crippen LogP contribution in [0.1, 0.15) is 52.7 Å². The first kappa shape index (κ1) is 28.6. The van der Waals surface area contributed by atoms with Gasteiger partial charge in [0.15, 0.2) is 0 Å². The molecule has 10 heteroatoms. The van der Waals surface area contributed by atoms with Gasteiger partial charge in [-0.05, 0) is 74.9 Å². The van der Waals surface area contributed by atoms with Crippen molar-refractivity contribution in [2.45, 2.75) is 60.5 Å². The van der Waals surface area contributed by atoms with Crippen LogP contribution in [0.2, 0.25) is 0 Å². The minimum absolute atomic E-state index is 0.0783. The van der Waals surface area contributed by atoms with Gasteiger partial charge in [0.2, 0.25) is 0 Å². The van der Waals surface area contributed by atoms with Gasteiger partial charge >= 0.3 is 23.8 Å². The van der Waals surface area contributed by atoms with E-state index in [1.807, 2.05) is 32.9 Å². The van der Waals surface area contributed by atoms with E-state index in [2.05, 4.69) is 15.3 Å². The molecule has 0 radical (unpaired) electrons. The number of carbonyl (C=O) groups is 2. The van der Waals surface area contributed by atoms with Crippen molar-refractivity contribution in [1.29, 1.82) is 0 Å². The summed E-state index contributed by atoms with van der Waals surface area (Å²) in [6.45, 7) is 13.7. The number of likely N-dealkylation sites (N-methyl/N-ethyl adjacent to an activating group) is 1. The van der Waals surface area contributed by atoms with Gasteiger partial charge in [0.05, 0.1) is 10.9 Å². The predicted octanol–water partition coefficient (Wildman–Crippen LogP) is 5.39. The number of hydrogen-bond donors (Lipinski definition) is 1. The fraction of sp³-hybridized carbons (Fsp3) is 0.464. The maximum atomic E-state index is 13.5. The molecule has 0 unspecified atom stereocenters. The molecule has 2 aromatic heterocycles. The van der Waals surface area contributed by atoms with Gasteiger partial charge in [0, 0.05) is 38.2 Å². The lowest BCUT2D eigenvalue weighted by molar-refractivity contribution is 0.0635. The number of rotatable bonds is 6. The molecule has 0 aliphatic heterocycles. The first-order valence-electron chi connectivity index (χ1n) is 12.5. The smallest absolute Gasteiger partial charge is 0.412 e. The molecule has 204 valence electrons. The maximum Gasteiger partial charge on any atom is 0.412 e. The molecule has 0 bridgehead atoms. The van der Waals surface area contributed by atoms with E-state index in [1.165, 1.54) is 4.90 Å². The number of ether oxygens (including phenoxy) is 1. The van der Waals surface area contributed by atoms with E-state index in [1.54, 1.807) is 64.2 Å². The number of hydrogen-bond acceptors (Lipinski definition) is 7.